The molecule has 3 nitrogen and oxygen atoms in total. The number of anilines is 1. The van der Waals surface area contributed by atoms with E-state index >= 15 is 0 Å². The zero-order valence-electron chi connectivity index (χ0n) is 6.84. The van der Waals surface area contributed by atoms with Gasteiger partial charge in [-0.05, 0) is 37.4 Å². The molecule has 0 aromatic heterocycles. The summed E-state index contributed by atoms with van der Waals surface area (Å²) in [6.45, 7) is 1.67. The van der Waals surface area contributed by atoms with Crippen LogP contribution < -0.4 is 11.3 Å². The molecule has 66 valence electrons. The molecule has 4 heteroatoms. The highest BCUT2D eigenvalue weighted by molar-refractivity contribution is 9.10. The topological polar surface area (TPSA) is 61.9 Å². The molecule has 0 aliphatic carbocycles. The Morgan fingerprint density at radius 2 is 1.83 bits per heavy atom. The number of rotatable bonds is 1. The van der Waals surface area contributed by atoms with Crippen LogP contribution in [0, 0.1) is 5.41 Å². The summed E-state index contributed by atoms with van der Waals surface area (Å²) in [4.78, 5) is 0. The molecule has 0 aliphatic rings. The second kappa shape index (κ2) is 6.82. The molecule has 0 unspecified atom stereocenters. The maximum Gasteiger partial charge on any atom is 0.0485 e. The van der Waals surface area contributed by atoms with Gasteiger partial charge in [0.25, 0.3) is 0 Å². The van der Waals surface area contributed by atoms with E-state index in [0.29, 0.717) is 0 Å². The van der Waals surface area contributed by atoms with Crippen LogP contribution in [0.4, 0.5) is 5.69 Å². The van der Waals surface area contributed by atoms with Gasteiger partial charge in [-0.3, -0.25) is 5.84 Å². The van der Waals surface area contributed by atoms with Gasteiger partial charge in [0.1, 0.15) is 0 Å². The summed E-state index contributed by atoms with van der Waals surface area (Å²) >= 11 is 3.31. The molecule has 0 saturated heterocycles. The van der Waals surface area contributed by atoms with Crippen molar-refractivity contribution in [1.29, 1.82) is 5.41 Å². The molecule has 0 saturated carbocycles. The quantitative estimate of drug-likeness (QED) is 0.394. The molecule has 0 spiro atoms. The van der Waals surface area contributed by atoms with Crippen molar-refractivity contribution in [2.24, 2.45) is 5.84 Å². The lowest BCUT2D eigenvalue weighted by molar-refractivity contribution is 1.35. The molecule has 0 atom stereocenters. The van der Waals surface area contributed by atoms with Crippen molar-refractivity contribution >= 4 is 27.8 Å². The van der Waals surface area contributed by atoms with Crippen molar-refractivity contribution in [2.75, 3.05) is 5.43 Å². The average molecular weight is 230 g/mol. The first-order chi connectivity index (χ1) is 5.74. The van der Waals surface area contributed by atoms with Crippen LogP contribution in [-0.4, -0.2) is 6.21 Å². The van der Waals surface area contributed by atoms with Crippen molar-refractivity contribution in [1.82, 2.24) is 0 Å². The third-order valence-corrected chi connectivity index (χ3v) is 1.54. The predicted molar refractivity (Wildman–Crippen MR) is 56.4 cm³/mol. The molecule has 1 rings (SSSR count). The summed E-state index contributed by atoms with van der Waals surface area (Å²) in [6, 6.07) is 7.64. The zero-order chi connectivity index (χ0) is 9.40. The van der Waals surface area contributed by atoms with Gasteiger partial charge in [-0.1, -0.05) is 15.9 Å². The van der Waals surface area contributed by atoms with Gasteiger partial charge >= 0.3 is 0 Å². The average Bonchev–Trinajstić information content (AvgIpc) is 2.07. The SMILES string of the molecule is CC=N.NNc1ccc(Br)cc1. The van der Waals surface area contributed by atoms with Gasteiger partial charge in [-0.2, -0.15) is 0 Å². The van der Waals surface area contributed by atoms with E-state index in [0.717, 1.165) is 10.2 Å². The second-order valence-corrected chi connectivity index (χ2v) is 2.86. The third-order valence-electron chi connectivity index (χ3n) is 1.01. The van der Waals surface area contributed by atoms with Crippen molar-refractivity contribution in [3.63, 3.8) is 0 Å². The molecule has 0 radical (unpaired) electrons. The van der Waals surface area contributed by atoms with Crippen LogP contribution in [-0.2, 0) is 0 Å². The second-order valence-electron chi connectivity index (χ2n) is 1.94. The number of hydrogen-bond acceptors (Lipinski definition) is 3. The largest absolute Gasteiger partial charge is 0.324 e. The van der Waals surface area contributed by atoms with Crippen LogP contribution in [0.5, 0.6) is 0 Å². The van der Waals surface area contributed by atoms with Crippen LogP contribution in [0.15, 0.2) is 28.7 Å². The fourth-order valence-corrected chi connectivity index (χ4v) is 0.810. The van der Waals surface area contributed by atoms with Crippen LogP contribution in [0.25, 0.3) is 0 Å². The van der Waals surface area contributed by atoms with Gasteiger partial charge in [0.15, 0.2) is 0 Å². The summed E-state index contributed by atoms with van der Waals surface area (Å²) in [5, 5.41) is 6.08. The zero-order valence-corrected chi connectivity index (χ0v) is 8.43. The number of hydrogen-bond donors (Lipinski definition) is 3. The van der Waals surface area contributed by atoms with Gasteiger partial charge < -0.3 is 10.8 Å². The van der Waals surface area contributed by atoms with E-state index in [4.69, 9.17) is 11.3 Å². The minimum absolute atomic E-state index is 0.915. The van der Waals surface area contributed by atoms with E-state index < -0.39 is 0 Å². The molecular formula is C8H12BrN3. The lowest BCUT2D eigenvalue weighted by atomic mass is 10.3. The van der Waals surface area contributed by atoms with Gasteiger partial charge in [-0.15, -0.1) is 0 Å². The Kier molecular flexibility index (Phi) is 6.32. The number of halogens is 1. The van der Waals surface area contributed by atoms with E-state index in [1.807, 2.05) is 24.3 Å². The van der Waals surface area contributed by atoms with Crippen molar-refractivity contribution in [3.05, 3.63) is 28.7 Å². The number of benzene rings is 1. The summed E-state index contributed by atoms with van der Waals surface area (Å²) in [6.07, 6.45) is 1.25. The molecule has 1 aromatic carbocycles. The van der Waals surface area contributed by atoms with E-state index in [2.05, 4.69) is 21.4 Å². The lowest BCUT2D eigenvalue weighted by Crippen LogP contribution is -2.05. The highest BCUT2D eigenvalue weighted by Gasteiger charge is 1.85. The first kappa shape index (κ1) is 11.1. The molecule has 12 heavy (non-hydrogen) atoms. The van der Waals surface area contributed by atoms with Gasteiger partial charge in [0.05, 0.1) is 0 Å². The van der Waals surface area contributed by atoms with E-state index in [1.165, 1.54) is 6.21 Å². The summed E-state index contributed by atoms with van der Waals surface area (Å²) < 4.78 is 1.06. The van der Waals surface area contributed by atoms with Crippen molar-refractivity contribution in [3.8, 4) is 0 Å². The van der Waals surface area contributed by atoms with E-state index in [1.54, 1.807) is 6.92 Å². The maximum atomic E-state index is 6.08. The van der Waals surface area contributed by atoms with Gasteiger partial charge in [-0.25, -0.2) is 0 Å². The molecular weight excluding hydrogens is 218 g/mol. The molecule has 0 amide bonds. The third kappa shape index (κ3) is 4.87. The smallest absolute Gasteiger partial charge is 0.0485 e. The standard InChI is InChI=1S/C6H7BrN2.C2H5N/c7-5-1-3-6(9-8)4-2-5;1-2-3/h1-4,9H,8H2;2-3H,1H3. The minimum atomic E-state index is 0.915. The van der Waals surface area contributed by atoms with Crippen LogP contribution >= 0.6 is 15.9 Å². The van der Waals surface area contributed by atoms with Crippen LogP contribution in [0.1, 0.15) is 6.92 Å². The Labute approximate surface area is 80.6 Å². The summed E-state index contributed by atoms with van der Waals surface area (Å²) in [7, 11) is 0. The monoisotopic (exact) mass is 229 g/mol. The molecule has 0 heterocycles. The number of nitrogens with two attached hydrogens (primary N) is 1. The molecule has 0 fully saturated rings. The highest BCUT2D eigenvalue weighted by atomic mass is 79.9. The fourth-order valence-electron chi connectivity index (χ4n) is 0.546. The normalized spacial score (nSPS) is 7.92. The summed E-state index contributed by atoms with van der Waals surface area (Å²) in [5.74, 6) is 5.13. The van der Waals surface area contributed by atoms with Crippen molar-refractivity contribution < 1.29 is 0 Å². The van der Waals surface area contributed by atoms with E-state index in [-0.39, 0.29) is 0 Å². The van der Waals surface area contributed by atoms with Crippen LogP contribution in [0.2, 0.25) is 0 Å². The number of nitrogens with one attached hydrogen (secondary N) is 2. The Morgan fingerprint density at radius 3 is 2.17 bits per heavy atom. The van der Waals surface area contributed by atoms with Crippen molar-refractivity contribution in [2.45, 2.75) is 6.92 Å². The fraction of sp³-hybridized carbons (Fsp3) is 0.125. The van der Waals surface area contributed by atoms with Gasteiger partial charge in [0.2, 0.25) is 0 Å². The number of nitrogen functional groups attached to an aromatic ring is 1. The maximum absolute atomic E-state index is 6.08. The Morgan fingerprint density at radius 1 is 1.42 bits per heavy atom. The lowest BCUT2D eigenvalue weighted by Gasteiger charge is -1.96. The minimum Gasteiger partial charge on any atom is -0.324 e. The Bertz CT molecular complexity index is 220. The molecule has 1 aromatic rings. The van der Waals surface area contributed by atoms with E-state index in [9.17, 15) is 0 Å². The Balaban J connectivity index is 0.000000354. The number of hydrazine groups is 1. The first-order valence-electron chi connectivity index (χ1n) is 3.42. The molecule has 4 N–H and O–H groups in total. The Hall–Kier alpha value is -0.870. The van der Waals surface area contributed by atoms with Gasteiger partial charge in [0, 0.05) is 10.2 Å². The molecule has 0 bridgehead atoms. The predicted octanol–water partition coefficient (Wildman–Crippen LogP) is 2.39. The summed E-state index contributed by atoms with van der Waals surface area (Å²) in [5.41, 5.74) is 3.45. The van der Waals surface area contributed by atoms with Crippen LogP contribution in [0.3, 0.4) is 0 Å². The molecule has 0 aliphatic heterocycles. The highest BCUT2D eigenvalue weighted by Crippen LogP contribution is 2.12. The first-order valence-corrected chi connectivity index (χ1v) is 4.21.